The highest BCUT2D eigenvalue weighted by Crippen LogP contribution is 2.23. The molecule has 3 nitrogen and oxygen atoms in total. The van der Waals surface area contributed by atoms with Gasteiger partial charge in [-0.3, -0.25) is 4.79 Å². The zero-order valence-electron chi connectivity index (χ0n) is 11.3. The molecule has 0 unspecified atom stereocenters. The minimum atomic E-state index is 0.0593. The lowest BCUT2D eigenvalue weighted by Gasteiger charge is -2.23. The van der Waals surface area contributed by atoms with Crippen molar-refractivity contribution in [1.29, 1.82) is 0 Å². The first kappa shape index (κ1) is 14.5. The van der Waals surface area contributed by atoms with Crippen LogP contribution in [0.4, 0.5) is 0 Å². The average Bonchev–Trinajstić information content (AvgIpc) is 2.84. The second kappa shape index (κ2) is 6.53. The highest BCUT2D eigenvalue weighted by molar-refractivity contribution is 9.10. The lowest BCUT2D eigenvalue weighted by atomic mass is 9.95. The van der Waals surface area contributed by atoms with Gasteiger partial charge in [0.15, 0.2) is 0 Å². The van der Waals surface area contributed by atoms with Gasteiger partial charge in [-0.15, -0.1) is 0 Å². The Kier molecular flexibility index (Phi) is 4.99. The van der Waals surface area contributed by atoms with Gasteiger partial charge in [0, 0.05) is 29.5 Å². The summed E-state index contributed by atoms with van der Waals surface area (Å²) in [5, 5.41) is 0. The number of nitrogens with two attached hydrogens (primary N) is 1. The average molecular weight is 325 g/mol. The van der Waals surface area contributed by atoms with Gasteiger partial charge in [-0.05, 0) is 30.9 Å². The number of rotatable bonds is 4. The lowest BCUT2D eigenvalue weighted by Crippen LogP contribution is -2.37. The van der Waals surface area contributed by atoms with Gasteiger partial charge in [0.05, 0.1) is 0 Å². The first-order chi connectivity index (χ1) is 9.11. The van der Waals surface area contributed by atoms with Gasteiger partial charge in [-0.25, -0.2) is 0 Å². The van der Waals surface area contributed by atoms with E-state index in [1.807, 2.05) is 23.1 Å². The number of carbonyl (C=O) groups is 1. The normalized spacial score (nSPS) is 20.6. The molecule has 0 aromatic heterocycles. The van der Waals surface area contributed by atoms with E-state index in [4.69, 9.17) is 5.73 Å². The predicted octanol–water partition coefficient (Wildman–Crippen LogP) is 2.58. The number of halogens is 1. The van der Waals surface area contributed by atoms with Crippen LogP contribution in [0.15, 0.2) is 28.7 Å². The Hall–Kier alpha value is -0.870. The molecule has 2 rings (SSSR count). The summed E-state index contributed by atoms with van der Waals surface area (Å²) in [6.45, 7) is 3.60. The van der Waals surface area contributed by atoms with E-state index in [-0.39, 0.29) is 17.9 Å². The van der Waals surface area contributed by atoms with Crippen molar-refractivity contribution in [1.82, 2.24) is 4.90 Å². The third kappa shape index (κ3) is 3.57. The topological polar surface area (TPSA) is 46.3 Å². The summed E-state index contributed by atoms with van der Waals surface area (Å²) in [6, 6.07) is 8.28. The molecule has 2 N–H and O–H groups in total. The molecule has 1 amide bonds. The molecule has 0 spiro atoms. The summed E-state index contributed by atoms with van der Waals surface area (Å²) in [5.74, 6) is 0.315. The number of carbonyl (C=O) groups excluding carboxylic acids is 1. The predicted molar refractivity (Wildman–Crippen MR) is 80.8 cm³/mol. The minimum Gasteiger partial charge on any atom is -0.341 e. The second-order valence-corrected chi connectivity index (χ2v) is 6.09. The molecule has 4 heteroatoms. The molecule has 19 heavy (non-hydrogen) atoms. The Labute approximate surface area is 123 Å². The fourth-order valence-corrected chi connectivity index (χ4v) is 3.03. The van der Waals surface area contributed by atoms with E-state index < -0.39 is 0 Å². The molecule has 0 bridgehead atoms. The lowest BCUT2D eigenvalue weighted by molar-refractivity contribution is -0.134. The molecule has 1 saturated heterocycles. The molecular formula is C15H21BrN2O. The van der Waals surface area contributed by atoms with E-state index in [9.17, 15) is 4.79 Å². The van der Waals surface area contributed by atoms with Crippen molar-refractivity contribution >= 4 is 21.8 Å². The summed E-state index contributed by atoms with van der Waals surface area (Å²) in [5.41, 5.74) is 7.08. The molecule has 0 radical (unpaired) electrons. The molecule has 2 atom stereocenters. The number of hydrogen-bond donors (Lipinski definition) is 1. The van der Waals surface area contributed by atoms with Crippen molar-refractivity contribution in [3.63, 3.8) is 0 Å². The summed E-state index contributed by atoms with van der Waals surface area (Å²) in [6.07, 6.45) is 2.59. The number of benzene rings is 1. The van der Waals surface area contributed by atoms with Crippen molar-refractivity contribution in [2.24, 2.45) is 11.7 Å². The molecule has 1 aliphatic rings. The van der Waals surface area contributed by atoms with Gasteiger partial charge in [0.1, 0.15) is 0 Å². The molecular weight excluding hydrogens is 304 g/mol. The molecule has 1 heterocycles. The number of amides is 1. The van der Waals surface area contributed by atoms with E-state index >= 15 is 0 Å². The van der Waals surface area contributed by atoms with Gasteiger partial charge < -0.3 is 10.6 Å². The van der Waals surface area contributed by atoms with E-state index in [0.29, 0.717) is 6.54 Å². The molecule has 1 aromatic carbocycles. The molecule has 0 saturated carbocycles. The van der Waals surface area contributed by atoms with E-state index in [2.05, 4.69) is 28.9 Å². The van der Waals surface area contributed by atoms with Crippen molar-refractivity contribution in [3.8, 4) is 0 Å². The zero-order chi connectivity index (χ0) is 13.8. The Balaban J connectivity index is 2.04. The van der Waals surface area contributed by atoms with Crippen LogP contribution in [0.25, 0.3) is 0 Å². The minimum absolute atomic E-state index is 0.0593. The summed E-state index contributed by atoms with van der Waals surface area (Å²) >= 11 is 3.55. The maximum absolute atomic E-state index is 12.5. The zero-order valence-corrected chi connectivity index (χ0v) is 12.9. The third-order valence-electron chi connectivity index (χ3n) is 3.80. The third-order valence-corrected chi connectivity index (χ3v) is 4.58. The SMILES string of the molecule is CC[C@@H](Cc1ccccc1Br)C(=O)N1CC[C@@H](N)C1. The van der Waals surface area contributed by atoms with Crippen molar-refractivity contribution < 1.29 is 4.79 Å². The number of nitrogens with zero attached hydrogens (tertiary/aromatic N) is 1. The molecule has 1 aliphatic heterocycles. The monoisotopic (exact) mass is 324 g/mol. The molecule has 1 fully saturated rings. The standard InChI is InChI=1S/C15H21BrN2O/c1-2-11(9-12-5-3-4-6-14(12)16)15(19)18-8-7-13(17)10-18/h3-6,11,13H,2,7-10,17H2,1H3/t11-,13+/m0/s1. The van der Waals surface area contributed by atoms with Crippen LogP contribution in [-0.4, -0.2) is 29.9 Å². The largest absolute Gasteiger partial charge is 0.341 e. The van der Waals surface area contributed by atoms with Crippen LogP contribution in [-0.2, 0) is 11.2 Å². The van der Waals surface area contributed by atoms with Gasteiger partial charge in [0.25, 0.3) is 0 Å². The first-order valence-corrected chi connectivity index (χ1v) is 7.69. The highest BCUT2D eigenvalue weighted by atomic mass is 79.9. The Morgan fingerprint density at radius 3 is 2.84 bits per heavy atom. The maximum atomic E-state index is 12.5. The van der Waals surface area contributed by atoms with Crippen LogP contribution in [0.5, 0.6) is 0 Å². The smallest absolute Gasteiger partial charge is 0.226 e. The second-order valence-electron chi connectivity index (χ2n) is 5.23. The molecule has 0 aliphatic carbocycles. The van der Waals surface area contributed by atoms with Gasteiger partial charge in [0.2, 0.25) is 5.91 Å². The van der Waals surface area contributed by atoms with E-state index in [1.165, 1.54) is 5.56 Å². The van der Waals surface area contributed by atoms with E-state index in [1.54, 1.807) is 0 Å². The van der Waals surface area contributed by atoms with Crippen molar-refractivity contribution in [2.45, 2.75) is 32.2 Å². The Morgan fingerprint density at radius 1 is 1.53 bits per heavy atom. The van der Waals surface area contributed by atoms with Gasteiger partial charge in [-0.2, -0.15) is 0 Å². The van der Waals surface area contributed by atoms with Crippen molar-refractivity contribution in [2.75, 3.05) is 13.1 Å². The van der Waals surface area contributed by atoms with Crippen LogP contribution in [0.3, 0.4) is 0 Å². The fraction of sp³-hybridized carbons (Fsp3) is 0.533. The van der Waals surface area contributed by atoms with E-state index in [0.717, 1.165) is 30.3 Å². The highest BCUT2D eigenvalue weighted by Gasteiger charge is 2.28. The van der Waals surface area contributed by atoms with Gasteiger partial charge in [-0.1, -0.05) is 41.1 Å². The molecule has 104 valence electrons. The Bertz CT molecular complexity index is 450. The van der Waals surface area contributed by atoms with Crippen LogP contribution in [0, 0.1) is 5.92 Å². The number of likely N-dealkylation sites (tertiary alicyclic amines) is 1. The quantitative estimate of drug-likeness (QED) is 0.925. The first-order valence-electron chi connectivity index (χ1n) is 6.89. The van der Waals surface area contributed by atoms with Gasteiger partial charge >= 0.3 is 0 Å². The van der Waals surface area contributed by atoms with Crippen molar-refractivity contribution in [3.05, 3.63) is 34.3 Å². The van der Waals surface area contributed by atoms with Crippen LogP contribution in [0.2, 0.25) is 0 Å². The fourth-order valence-electron chi connectivity index (χ4n) is 2.58. The maximum Gasteiger partial charge on any atom is 0.226 e. The van der Waals surface area contributed by atoms with Crippen LogP contribution >= 0.6 is 15.9 Å². The van der Waals surface area contributed by atoms with Crippen LogP contribution in [0.1, 0.15) is 25.3 Å². The summed E-state index contributed by atoms with van der Waals surface area (Å²) < 4.78 is 1.08. The number of hydrogen-bond acceptors (Lipinski definition) is 2. The van der Waals surface area contributed by atoms with Crippen LogP contribution < -0.4 is 5.73 Å². The molecule has 1 aromatic rings. The summed E-state index contributed by atoms with van der Waals surface area (Å²) in [7, 11) is 0. The summed E-state index contributed by atoms with van der Waals surface area (Å²) in [4.78, 5) is 14.4. The Morgan fingerprint density at radius 2 is 2.26 bits per heavy atom.